The van der Waals surface area contributed by atoms with Crippen molar-refractivity contribution in [2.75, 3.05) is 4.72 Å². The first-order chi connectivity index (χ1) is 10.9. The quantitative estimate of drug-likeness (QED) is 0.654. The molecule has 0 amide bonds. The Morgan fingerprint density at radius 3 is 2.65 bits per heavy atom. The Morgan fingerprint density at radius 2 is 1.96 bits per heavy atom. The maximum absolute atomic E-state index is 12.5. The van der Waals surface area contributed by atoms with Crippen LogP contribution < -0.4 is 4.72 Å². The van der Waals surface area contributed by atoms with E-state index in [0.717, 1.165) is 23.9 Å². The molecule has 3 rings (SSSR count). The smallest absolute Gasteiger partial charge is 0.339 e. The fraction of sp³-hybridized carbons (Fsp3) is 0. The number of benzene rings is 2. The van der Waals surface area contributed by atoms with Crippen molar-refractivity contribution >= 4 is 44.4 Å². The number of nitrogens with zero attached hydrogens (tertiary/aromatic N) is 2. The second-order valence-electron chi connectivity index (χ2n) is 4.53. The number of aromatic carboxylic acids is 1. The molecule has 0 spiro atoms. The average Bonchev–Trinajstić information content (AvgIpc) is 2.94. The van der Waals surface area contributed by atoms with Crippen LogP contribution in [0.25, 0.3) is 11.0 Å². The second-order valence-corrected chi connectivity index (χ2v) is 6.71. The molecule has 2 aromatic carbocycles. The van der Waals surface area contributed by atoms with E-state index in [-0.39, 0.29) is 21.7 Å². The number of carboxylic acid groups (broad SMARTS) is 1. The first-order valence-electron chi connectivity index (χ1n) is 6.19. The van der Waals surface area contributed by atoms with Gasteiger partial charge in [0.05, 0.1) is 17.4 Å². The summed E-state index contributed by atoms with van der Waals surface area (Å²) >= 11 is 0.900. The van der Waals surface area contributed by atoms with Crippen molar-refractivity contribution in [1.82, 2.24) is 8.75 Å². The van der Waals surface area contributed by atoms with Crippen LogP contribution in [0.15, 0.2) is 41.3 Å². The SMILES string of the molecule is O=C(O)c1ccc(NS(=O)(=O)c2cccc3nsnc23)cc1O. The first-order valence-corrected chi connectivity index (χ1v) is 8.40. The predicted octanol–water partition coefficient (Wildman–Crippen LogP) is 1.90. The molecule has 1 aromatic heterocycles. The van der Waals surface area contributed by atoms with Crippen molar-refractivity contribution in [1.29, 1.82) is 0 Å². The lowest BCUT2D eigenvalue weighted by molar-refractivity contribution is 0.0694. The van der Waals surface area contributed by atoms with Crippen LogP contribution in [0.1, 0.15) is 10.4 Å². The fourth-order valence-electron chi connectivity index (χ4n) is 1.98. The van der Waals surface area contributed by atoms with Crippen molar-refractivity contribution < 1.29 is 23.4 Å². The molecule has 8 nitrogen and oxygen atoms in total. The van der Waals surface area contributed by atoms with Crippen LogP contribution in [0.4, 0.5) is 5.69 Å². The maximum Gasteiger partial charge on any atom is 0.339 e. The van der Waals surface area contributed by atoms with E-state index in [2.05, 4.69) is 13.5 Å². The number of fused-ring (bicyclic) bond motifs is 1. The summed E-state index contributed by atoms with van der Waals surface area (Å²) in [6.07, 6.45) is 0. The molecule has 0 unspecified atom stereocenters. The van der Waals surface area contributed by atoms with E-state index in [1.54, 1.807) is 12.1 Å². The Hall–Kier alpha value is -2.72. The van der Waals surface area contributed by atoms with Crippen LogP contribution in [0.5, 0.6) is 5.75 Å². The summed E-state index contributed by atoms with van der Waals surface area (Å²) in [7, 11) is -3.96. The number of aromatic nitrogens is 2. The van der Waals surface area contributed by atoms with Gasteiger partial charge in [0.15, 0.2) is 0 Å². The monoisotopic (exact) mass is 351 g/mol. The van der Waals surface area contributed by atoms with Crippen molar-refractivity contribution in [3.63, 3.8) is 0 Å². The molecule has 0 saturated heterocycles. The average molecular weight is 351 g/mol. The van der Waals surface area contributed by atoms with Gasteiger partial charge in [-0.2, -0.15) is 8.75 Å². The van der Waals surface area contributed by atoms with Gasteiger partial charge in [-0.3, -0.25) is 4.72 Å². The number of phenols is 1. The van der Waals surface area contributed by atoms with Gasteiger partial charge in [-0.15, -0.1) is 0 Å². The van der Waals surface area contributed by atoms with Crippen LogP contribution in [-0.2, 0) is 10.0 Å². The molecular weight excluding hydrogens is 342 g/mol. The van der Waals surface area contributed by atoms with Crippen molar-refractivity contribution in [3.8, 4) is 5.75 Å². The molecule has 10 heteroatoms. The highest BCUT2D eigenvalue weighted by molar-refractivity contribution is 7.93. The van der Waals surface area contributed by atoms with Crippen LogP contribution in [-0.4, -0.2) is 33.3 Å². The molecule has 0 saturated carbocycles. The number of hydrogen-bond acceptors (Lipinski definition) is 7. The Bertz CT molecular complexity index is 1010. The number of carbonyl (C=O) groups is 1. The van der Waals surface area contributed by atoms with E-state index >= 15 is 0 Å². The number of nitrogens with one attached hydrogen (secondary N) is 1. The summed E-state index contributed by atoms with van der Waals surface area (Å²) in [5, 5.41) is 18.5. The molecule has 0 aliphatic heterocycles. The molecule has 0 aliphatic rings. The number of aromatic hydroxyl groups is 1. The van der Waals surface area contributed by atoms with Crippen molar-refractivity contribution in [2.24, 2.45) is 0 Å². The van der Waals surface area contributed by atoms with Gasteiger partial charge >= 0.3 is 5.97 Å². The summed E-state index contributed by atoms with van der Waals surface area (Å²) in [5.74, 6) is -1.85. The zero-order valence-corrected chi connectivity index (χ0v) is 12.9. The van der Waals surface area contributed by atoms with Crippen molar-refractivity contribution in [3.05, 3.63) is 42.0 Å². The van der Waals surface area contributed by atoms with Gasteiger partial charge in [0.25, 0.3) is 10.0 Å². The number of rotatable bonds is 4. The highest BCUT2D eigenvalue weighted by atomic mass is 32.2. The fourth-order valence-corrected chi connectivity index (χ4v) is 3.80. The molecule has 118 valence electrons. The van der Waals surface area contributed by atoms with Crippen LogP contribution in [0.2, 0.25) is 0 Å². The second kappa shape index (κ2) is 5.48. The predicted molar refractivity (Wildman–Crippen MR) is 83.3 cm³/mol. The van der Waals surface area contributed by atoms with Gasteiger partial charge in [-0.25, -0.2) is 13.2 Å². The molecule has 0 atom stereocenters. The van der Waals surface area contributed by atoms with Gasteiger partial charge in [0, 0.05) is 6.07 Å². The van der Waals surface area contributed by atoms with Gasteiger partial charge in [0.2, 0.25) is 0 Å². The van der Waals surface area contributed by atoms with E-state index < -0.39 is 21.7 Å². The molecular formula is C13H9N3O5S2. The van der Waals surface area contributed by atoms with Crippen LogP contribution >= 0.6 is 11.7 Å². The van der Waals surface area contributed by atoms with Gasteiger partial charge in [-0.05, 0) is 24.3 Å². The summed E-state index contributed by atoms with van der Waals surface area (Å²) in [6, 6.07) is 7.97. The molecule has 0 radical (unpaired) electrons. The molecule has 0 bridgehead atoms. The van der Waals surface area contributed by atoms with Gasteiger partial charge in [-0.1, -0.05) is 6.07 Å². The Kier molecular flexibility index (Phi) is 3.62. The van der Waals surface area contributed by atoms with E-state index in [0.29, 0.717) is 5.52 Å². The molecule has 1 heterocycles. The topological polar surface area (TPSA) is 129 Å². The summed E-state index contributed by atoms with van der Waals surface area (Å²) in [5.41, 5.74) is 0.421. The largest absolute Gasteiger partial charge is 0.507 e. The first kappa shape index (κ1) is 15.2. The normalized spacial score (nSPS) is 11.5. The van der Waals surface area contributed by atoms with E-state index in [9.17, 15) is 18.3 Å². The number of anilines is 1. The molecule has 23 heavy (non-hydrogen) atoms. The van der Waals surface area contributed by atoms with E-state index in [1.165, 1.54) is 12.1 Å². The molecule has 0 aliphatic carbocycles. The summed E-state index contributed by atoms with van der Waals surface area (Å²) < 4.78 is 35.2. The molecule has 3 N–H and O–H groups in total. The van der Waals surface area contributed by atoms with E-state index in [4.69, 9.17) is 5.11 Å². The third-order valence-corrected chi connectivity index (χ3v) is 4.97. The minimum absolute atomic E-state index is 0.0349. The maximum atomic E-state index is 12.5. The molecule has 3 aromatic rings. The lowest BCUT2D eigenvalue weighted by Crippen LogP contribution is -2.13. The molecule has 0 fully saturated rings. The Labute approximate surface area is 134 Å². The zero-order valence-electron chi connectivity index (χ0n) is 11.3. The Morgan fingerprint density at radius 1 is 1.17 bits per heavy atom. The minimum atomic E-state index is -3.96. The highest BCUT2D eigenvalue weighted by Gasteiger charge is 2.20. The van der Waals surface area contributed by atoms with Gasteiger partial charge < -0.3 is 10.2 Å². The van der Waals surface area contributed by atoms with Crippen LogP contribution in [0, 0.1) is 0 Å². The van der Waals surface area contributed by atoms with Crippen molar-refractivity contribution in [2.45, 2.75) is 4.90 Å². The summed E-state index contributed by atoms with van der Waals surface area (Å²) in [4.78, 5) is 10.8. The number of carboxylic acids is 1. The summed E-state index contributed by atoms with van der Waals surface area (Å²) in [6.45, 7) is 0. The van der Waals surface area contributed by atoms with Gasteiger partial charge in [0.1, 0.15) is 27.2 Å². The number of hydrogen-bond donors (Lipinski definition) is 3. The highest BCUT2D eigenvalue weighted by Crippen LogP contribution is 2.26. The standard InChI is InChI=1S/C13H9N3O5S2/c17-10-6-7(4-5-8(10)13(18)19)16-23(20,21)11-3-1-2-9-12(11)15-22-14-9/h1-6,16-17H,(H,18,19). The third kappa shape index (κ3) is 2.81. The third-order valence-electron chi connectivity index (χ3n) is 3.02. The van der Waals surface area contributed by atoms with Crippen LogP contribution in [0.3, 0.4) is 0 Å². The Balaban J connectivity index is 2.00. The lowest BCUT2D eigenvalue weighted by Gasteiger charge is -2.09. The number of sulfonamides is 1. The lowest BCUT2D eigenvalue weighted by atomic mass is 10.2. The zero-order chi connectivity index (χ0) is 16.6. The minimum Gasteiger partial charge on any atom is -0.507 e. The van der Waals surface area contributed by atoms with E-state index in [1.807, 2.05) is 0 Å².